The van der Waals surface area contributed by atoms with Gasteiger partial charge in [-0.05, 0) is 30.3 Å². The largest absolute Gasteiger partial charge is 0.495 e. The van der Waals surface area contributed by atoms with Crippen LogP contribution in [0.5, 0.6) is 11.5 Å². The molecule has 26 heavy (non-hydrogen) atoms. The third-order valence-electron chi connectivity index (χ3n) is 4.30. The summed E-state index contributed by atoms with van der Waals surface area (Å²) >= 11 is 9.46. The zero-order valence-corrected chi connectivity index (χ0v) is 16.8. The molecule has 0 bridgehead atoms. The minimum Gasteiger partial charge on any atom is -0.495 e. The quantitative estimate of drug-likeness (QED) is 0.710. The molecule has 0 N–H and O–H groups in total. The van der Waals surface area contributed by atoms with Crippen molar-refractivity contribution in [3.63, 3.8) is 0 Å². The summed E-state index contributed by atoms with van der Waals surface area (Å²) in [5, 5.41) is 0.480. The van der Waals surface area contributed by atoms with Gasteiger partial charge in [0.05, 0.1) is 17.8 Å². The van der Waals surface area contributed by atoms with Crippen molar-refractivity contribution in [2.45, 2.75) is 0 Å². The first-order valence-electron chi connectivity index (χ1n) is 8.32. The molecule has 1 aliphatic rings. The van der Waals surface area contributed by atoms with Gasteiger partial charge in [0.2, 0.25) is 0 Å². The lowest BCUT2D eigenvalue weighted by Crippen LogP contribution is -2.50. The maximum Gasteiger partial charge on any atom is 0.260 e. The molecular weight excluding hydrogens is 420 g/mol. The highest BCUT2D eigenvalue weighted by atomic mass is 79.9. The van der Waals surface area contributed by atoms with Crippen molar-refractivity contribution >= 4 is 39.1 Å². The third kappa shape index (κ3) is 4.43. The predicted molar refractivity (Wildman–Crippen MR) is 106 cm³/mol. The molecule has 0 aromatic heterocycles. The van der Waals surface area contributed by atoms with Crippen LogP contribution < -0.4 is 14.4 Å². The molecule has 0 aliphatic carbocycles. The van der Waals surface area contributed by atoms with Crippen LogP contribution in [0.25, 0.3) is 0 Å². The van der Waals surface area contributed by atoms with E-state index in [2.05, 4.69) is 20.8 Å². The number of rotatable bonds is 5. The molecule has 0 atom stereocenters. The SMILES string of the molecule is COc1ccccc1N1CCN(C(=O)COc2ccc(Br)cc2Cl)CC1. The highest BCUT2D eigenvalue weighted by molar-refractivity contribution is 9.10. The summed E-state index contributed by atoms with van der Waals surface area (Å²) < 4.78 is 11.9. The fraction of sp³-hybridized carbons (Fsp3) is 0.316. The third-order valence-corrected chi connectivity index (χ3v) is 5.09. The molecule has 2 aromatic carbocycles. The van der Waals surface area contributed by atoms with E-state index in [1.54, 1.807) is 19.2 Å². The van der Waals surface area contributed by atoms with E-state index in [1.165, 1.54) is 0 Å². The van der Waals surface area contributed by atoms with E-state index in [9.17, 15) is 4.79 Å². The average Bonchev–Trinajstić information content (AvgIpc) is 2.67. The van der Waals surface area contributed by atoms with E-state index >= 15 is 0 Å². The van der Waals surface area contributed by atoms with Crippen molar-refractivity contribution in [3.8, 4) is 11.5 Å². The molecule has 3 rings (SSSR count). The molecule has 0 unspecified atom stereocenters. The molecular formula is C19H20BrClN2O3. The number of amides is 1. The Kier molecular flexibility index (Phi) is 6.27. The lowest BCUT2D eigenvalue weighted by molar-refractivity contribution is -0.133. The van der Waals surface area contributed by atoms with Crippen LogP contribution in [0.2, 0.25) is 5.02 Å². The van der Waals surface area contributed by atoms with Gasteiger partial charge in [-0.15, -0.1) is 0 Å². The Morgan fingerprint density at radius 1 is 1.12 bits per heavy atom. The first-order valence-corrected chi connectivity index (χ1v) is 9.49. The van der Waals surface area contributed by atoms with Gasteiger partial charge in [-0.2, -0.15) is 0 Å². The summed E-state index contributed by atoms with van der Waals surface area (Å²) in [6.07, 6.45) is 0. The van der Waals surface area contributed by atoms with Gasteiger partial charge in [-0.1, -0.05) is 39.7 Å². The highest BCUT2D eigenvalue weighted by Gasteiger charge is 2.23. The van der Waals surface area contributed by atoms with Crippen LogP contribution in [-0.2, 0) is 4.79 Å². The van der Waals surface area contributed by atoms with Crippen LogP contribution in [0.1, 0.15) is 0 Å². The molecule has 0 spiro atoms. The number of carbonyl (C=O) groups excluding carboxylic acids is 1. The van der Waals surface area contributed by atoms with Crippen molar-refractivity contribution in [3.05, 3.63) is 52.0 Å². The molecule has 1 amide bonds. The number of benzene rings is 2. The van der Waals surface area contributed by atoms with Crippen molar-refractivity contribution in [1.29, 1.82) is 0 Å². The molecule has 0 radical (unpaired) electrons. The average molecular weight is 440 g/mol. The molecule has 7 heteroatoms. The molecule has 1 aliphatic heterocycles. The lowest BCUT2D eigenvalue weighted by atomic mass is 10.2. The maximum absolute atomic E-state index is 12.4. The number of hydrogen-bond acceptors (Lipinski definition) is 4. The number of piperazine rings is 1. The smallest absolute Gasteiger partial charge is 0.260 e. The van der Waals surface area contributed by atoms with Gasteiger partial charge in [0.25, 0.3) is 5.91 Å². The van der Waals surface area contributed by atoms with Crippen molar-refractivity contribution in [2.24, 2.45) is 0 Å². The van der Waals surface area contributed by atoms with Gasteiger partial charge in [0.15, 0.2) is 6.61 Å². The van der Waals surface area contributed by atoms with Crippen LogP contribution in [0, 0.1) is 0 Å². The van der Waals surface area contributed by atoms with E-state index in [4.69, 9.17) is 21.1 Å². The van der Waals surface area contributed by atoms with E-state index in [0.29, 0.717) is 23.9 Å². The number of methoxy groups -OCH3 is 1. The Hall–Kier alpha value is -1.92. The maximum atomic E-state index is 12.4. The number of halogens is 2. The highest BCUT2D eigenvalue weighted by Crippen LogP contribution is 2.29. The number of hydrogen-bond donors (Lipinski definition) is 0. The number of nitrogens with zero attached hydrogens (tertiary/aromatic N) is 2. The van der Waals surface area contributed by atoms with Crippen LogP contribution in [0.3, 0.4) is 0 Å². The Morgan fingerprint density at radius 3 is 2.54 bits per heavy atom. The summed E-state index contributed by atoms with van der Waals surface area (Å²) in [7, 11) is 1.67. The summed E-state index contributed by atoms with van der Waals surface area (Å²) in [5.41, 5.74) is 1.06. The summed E-state index contributed by atoms with van der Waals surface area (Å²) in [6.45, 7) is 2.79. The van der Waals surface area contributed by atoms with Crippen molar-refractivity contribution in [2.75, 3.05) is 44.8 Å². The second kappa shape index (κ2) is 8.64. The molecule has 5 nitrogen and oxygen atoms in total. The van der Waals surface area contributed by atoms with Crippen LogP contribution in [0.4, 0.5) is 5.69 Å². The molecule has 0 saturated carbocycles. The first kappa shape index (κ1) is 18.9. The molecule has 2 aromatic rings. The number of carbonyl (C=O) groups is 1. The summed E-state index contributed by atoms with van der Waals surface area (Å²) in [6, 6.07) is 13.2. The minimum absolute atomic E-state index is 0.0178. The van der Waals surface area contributed by atoms with Crippen LogP contribution in [0.15, 0.2) is 46.9 Å². The Morgan fingerprint density at radius 2 is 1.85 bits per heavy atom. The second-order valence-electron chi connectivity index (χ2n) is 5.90. The molecule has 1 heterocycles. The van der Waals surface area contributed by atoms with E-state index in [1.807, 2.05) is 35.2 Å². The summed E-state index contributed by atoms with van der Waals surface area (Å²) in [5.74, 6) is 1.32. The second-order valence-corrected chi connectivity index (χ2v) is 7.23. The fourth-order valence-corrected chi connectivity index (χ4v) is 3.64. The first-order chi connectivity index (χ1) is 12.6. The molecule has 1 fully saturated rings. The van der Waals surface area contributed by atoms with Gasteiger partial charge < -0.3 is 19.3 Å². The van der Waals surface area contributed by atoms with Gasteiger partial charge in [0.1, 0.15) is 11.5 Å². The predicted octanol–water partition coefficient (Wildman–Crippen LogP) is 3.84. The molecule has 138 valence electrons. The number of anilines is 1. The minimum atomic E-state index is -0.0383. The van der Waals surface area contributed by atoms with Gasteiger partial charge in [-0.25, -0.2) is 0 Å². The van der Waals surface area contributed by atoms with E-state index < -0.39 is 0 Å². The zero-order valence-electron chi connectivity index (χ0n) is 14.5. The van der Waals surface area contributed by atoms with Gasteiger partial charge >= 0.3 is 0 Å². The van der Waals surface area contributed by atoms with E-state index in [-0.39, 0.29) is 12.5 Å². The van der Waals surface area contributed by atoms with Crippen LogP contribution >= 0.6 is 27.5 Å². The Bertz CT molecular complexity index is 779. The molecule has 1 saturated heterocycles. The lowest BCUT2D eigenvalue weighted by Gasteiger charge is -2.36. The summed E-state index contributed by atoms with van der Waals surface area (Å²) in [4.78, 5) is 16.5. The normalized spacial score (nSPS) is 14.3. The van der Waals surface area contributed by atoms with E-state index in [0.717, 1.165) is 29.0 Å². The van der Waals surface area contributed by atoms with Crippen molar-refractivity contribution in [1.82, 2.24) is 4.90 Å². The fourth-order valence-electron chi connectivity index (χ4n) is 2.91. The van der Waals surface area contributed by atoms with Gasteiger partial charge in [0, 0.05) is 30.7 Å². The van der Waals surface area contributed by atoms with Crippen LogP contribution in [-0.4, -0.2) is 50.7 Å². The van der Waals surface area contributed by atoms with Crippen molar-refractivity contribution < 1.29 is 14.3 Å². The Labute approximate surface area is 166 Å². The number of para-hydroxylation sites is 2. The Balaban J connectivity index is 1.53. The van der Waals surface area contributed by atoms with Gasteiger partial charge in [-0.3, -0.25) is 4.79 Å². The zero-order chi connectivity index (χ0) is 18.5. The standard InChI is InChI=1S/C19H20BrClN2O3/c1-25-18-5-3-2-4-16(18)22-8-10-23(11-9-22)19(24)13-26-17-7-6-14(20)12-15(17)21/h2-7,12H,8-11,13H2,1H3. The topological polar surface area (TPSA) is 42.0 Å². The number of ether oxygens (including phenoxy) is 2. The monoisotopic (exact) mass is 438 g/mol.